The van der Waals surface area contributed by atoms with Gasteiger partial charge in [0.15, 0.2) is 0 Å². The van der Waals surface area contributed by atoms with E-state index in [2.05, 4.69) is 23.3 Å². The summed E-state index contributed by atoms with van der Waals surface area (Å²) in [5.74, 6) is -0.676. The summed E-state index contributed by atoms with van der Waals surface area (Å²) in [5.41, 5.74) is 2.48. The Balaban J connectivity index is 2.45. The number of anilines is 1. The van der Waals surface area contributed by atoms with Gasteiger partial charge in [-0.3, -0.25) is 9.59 Å². The van der Waals surface area contributed by atoms with E-state index >= 15 is 0 Å². The summed E-state index contributed by atoms with van der Waals surface area (Å²) in [5, 5.41) is 5.61. The maximum Gasteiger partial charge on any atom is 0.408 e. The molecule has 2 N–H and O–H groups in total. The van der Waals surface area contributed by atoms with Crippen LogP contribution in [-0.2, 0) is 14.3 Å². The van der Waals surface area contributed by atoms with Crippen molar-refractivity contribution < 1.29 is 19.1 Å². The smallest absolute Gasteiger partial charge is 0.408 e. The van der Waals surface area contributed by atoms with Crippen LogP contribution in [0.5, 0.6) is 0 Å². The molecule has 35 heavy (non-hydrogen) atoms. The van der Waals surface area contributed by atoms with Crippen LogP contribution in [0.25, 0.3) is 0 Å². The highest BCUT2D eigenvalue weighted by molar-refractivity contribution is 7.80. The lowest BCUT2D eigenvalue weighted by Crippen LogP contribution is -2.53. The molecule has 0 saturated carbocycles. The van der Waals surface area contributed by atoms with E-state index in [4.69, 9.17) is 4.74 Å². The molecular weight excluding hydrogens is 462 g/mol. The third kappa shape index (κ3) is 8.02. The number of rotatable bonds is 9. The largest absolute Gasteiger partial charge is 0.444 e. The van der Waals surface area contributed by atoms with Gasteiger partial charge < -0.3 is 20.3 Å². The van der Waals surface area contributed by atoms with Crippen molar-refractivity contribution in [2.45, 2.75) is 65.6 Å². The molecule has 0 saturated heterocycles. The van der Waals surface area contributed by atoms with E-state index in [0.29, 0.717) is 18.7 Å². The molecule has 2 rings (SSSR count). The van der Waals surface area contributed by atoms with Gasteiger partial charge in [0.2, 0.25) is 5.91 Å². The summed E-state index contributed by atoms with van der Waals surface area (Å²) in [6, 6.07) is 13.1. The standard InChI is InChI=1S/C27H37N3O4S/c1-7-16-30(25(32)22(17-35)29-26(33)34-27(4,5)6)23(20-14-10-8-12-18(20)2)24(31)28-21-15-11-9-13-19(21)3/h8-15,22-23,35H,7,16-17H2,1-6H3,(H,28,31)(H,29,33). The molecule has 0 radical (unpaired) electrons. The van der Waals surface area contributed by atoms with Gasteiger partial charge in [-0.1, -0.05) is 49.4 Å². The van der Waals surface area contributed by atoms with Crippen molar-refractivity contribution in [1.29, 1.82) is 0 Å². The minimum atomic E-state index is -0.961. The van der Waals surface area contributed by atoms with Gasteiger partial charge in [0.05, 0.1) is 0 Å². The quantitative estimate of drug-likeness (QED) is 0.422. The molecule has 0 aliphatic heterocycles. The Labute approximate surface area is 214 Å². The molecule has 0 spiro atoms. The summed E-state index contributed by atoms with van der Waals surface area (Å²) < 4.78 is 5.33. The number of thiol groups is 1. The Morgan fingerprint density at radius 2 is 1.60 bits per heavy atom. The molecule has 0 heterocycles. The van der Waals surface area contributed by atoms with Crippen LogP contribution in [0.2, 0.25) is 0 Å². The molecule has 3 amide bonds. The lowest BCUT2D eigenvalue weighted by molar-refractivity contribution is -0.140. The fourth-order valence-corrected chi connectivity index (χ4v) is 3.95. The number of nitrogens with one attached hydrogen (secondary N) is 2. The van der Waals surface area contributed by atoms with Gasteiger partial charge >= 0.3 is 6.09 Å². The SMILES string of the molecule is CCCN(C(=O)C(CS)NC(=O)OC(C)(C)C)C(C(=O)Nc1ccccc1C)c1ccccc1C. The van der Waals surface area contributed by atoms with Gasteiger partial charge in [-0.25, -0.2) is 4.79 Å². The molecule has 8 heteroatoms. The normalized spacial score (nSPS) is 12.9. The van der Waals surface area contributed by atoms with Gasteiger partial charge in [-0.15, -0.1) is 0 Å². The Kier molecular flexibility index (Phi) is 10.2. The van der Waals surface area contributed by atoms with Crippen molar-refractivity contribution in [2.75, 3.05) is 17.6 Å². The number of carbonyl (C=O) groups excluding carboxylic acids is 3. The number of para-hydroxylation sites is 1. The molecule has 0 fully saturated rings. The molecule has 0 aromatic heterocycles. The van der Waals surface area contributed by atoms with Gasteiger partial charge in [0.25, 0.3) is 5.91 Å². The minimum Gasteiger partial charge on any atom is -0.444 e. The van der Waals surface area contributed by atoms with Crippen LogP contribution in [0, 0.1) is 13.8 Å². The van der Waals surface area contributed by atoms with Crippen molar-refractivity contribution in [3.8, 4) is 0 Å². The van der Waals surface area contributed by atoms with Gasteiger partial charge in [0.1, 0.15) is 17.7 Å². The molecule has 7 nitrogen and oxygen atoms in total. The Bertz CT molecular complexity index is 1040. The van der Waals surface area contributed by atoms with Crippen LogP contribution in [0.1, 0.15) is 56.8 Å². The number of amides is 3. The zero-order valence-electron chi connectivity index (χ0n) is 21.4. The number of alkyl carbamates (subject to hydrolysis) is 1. The first-order chi connectivity index (χ1) is 16.5. The lowest BCUT2D eigenvalue weighted by Gasteiger charge is -2.34. The summed E-state index contributed by atoms with van der Waals surface area (Å²) in [6.07, 6.45) is -0.0875. The second-order valence-electron chi connectivity index (χ2n) is 9.48. The highest BCUT2D eigenvalue weighted by Crippen LogP contribution is 2.28. The maximum atomic E-state index is 13.7. The fraction of sp³-hybridized carbons (Fsp3) is 0.444. The molecule has 190 valence electrons. The first-order valence-electron chi connectivity index (χ1n) is 11.8. The number of nitrogens with zero attached hydrogens (tertiary/aromatic N) is 1. The Morgan fingerprint density at radius 1 is 1.00 bits per heavy atom. The molecule has 2 unspecified atom stereocenters. The number of ether oxygens (including phenoxy) is 1. The Morgan fingerprint density at radius 3 is 2.14 bits per heavy atom. The Hall–Kier alpha value is -3.00. The fourth-order valence-electron chi connectivity index (χ4n) is 3.70. The van der Waals surface area contributed by atoms with E-state index in [1.165, 1.54) is 4.90 Å². The van der Waals surface area contributed by atoms with E-state index in [1.807, 2.05) is 69.3 Å². The number of hydrogen-bond acceptors (Lipinski definition) is 5. The van der Waals surface area contributed by atoms with Crippen molar-refractivity contribution >= 4 is 36.2 Å². The van der Waals surface area contributed by atoms with Crippen molar-refractivity contribution in [1.82, 2.24) is 10.2 Å². The van der Waals surface area contributed by atoms with E-state index in [0.717, 1.165) is 16.7 Å². The topological polar surface area (TPSA) is 87.7 Å². The van der Waals surface area contributed by atoms with Gasteiger partial charge in [-0.05, 0) is 63.8 Å². The molecular formula is C27H37N3O4S. The summed E-state index contributed by atoms with van der Waals surface area (Å²) in [4.78, 5) is 41.4. The molecule has 0 aliphatic carbocycles. The second-order valence-corrected chi connectivity index (χ2v) is 9.84. The zero-order valence-corrected chi connectivity index (χ0v) is 22.3. The van der Waals surface area contributed by atoms with Crippen LogP contribution >= 0.6 is 12.6 Å². The summed E-state index contributed by atoms with van der Waals surface area (Å²) in [7, 11) is 0. The van der Waals surface area contributed by atoms with Gasteiger partial charge in [0, 0.05) is 18.0 Å². The van der Waals surface area contributed by atoms with E-state index in [-0.39, 0.29) is 11.7 Å². The van der Waals surface area contributed by atoms with Gasteiger partial charge in [-0.2, -0.15) is 12.6 Å². The highest BCUT2D eigenvalue weighted by atomic mass is 32.1. The van der Waals surface area contributed by atoms with E-state index in [1.54, 1.807) is 20.8 Å². The van der Waals surface area contributed by atoms with E-state index < -0.39 is 29.7 Å². The lowest BCUT2D eigenvalue weighted by atomic mass is 9.97. The predicted molar refractivity (Wildman–Crippen MR) is 143 cm³/mol. The average Bonchev–Trinajstić information content (AvgIpc) is 2.78. The highest BCUT2D eigenvalue weighted by Gasteiger charge is 2.36. The summed E-state index contributed by atoms with van der Waals surface area (Å²) >= 11 is 4.31. The van der Waals surface area contributed by atoms with Crippen LogP contribution in [-0.4, -0.2) is 46.7 Å². The zero-order chi connectivity index (χ0) is 26.2. The monoisotopic (exact) mass is 499 g/mol. The second kappa shape index (κ2) is 12.6. The molecule has 2 aromatic carbocycles. The van der Waals surface area contributed by atoms with Crippen LogP contribution in [0.15, 0.2) is 48.5 Å². The number of carbonyl (C=O) groups is 3. The molecule has 0 aliphatic rings. The predicted octanol–water partition coefficient (Wildman–Crippen LogP) is 5.04. The first kappa shape index (κ1) is 28.2. The molecule has 2 aromatic rings. The third-order valence-corrected chi connectivity index (χ3v) is 5.73. The van der Waals surface area contributed by atoms with Crippen molar-refractivity contribution in [2.24, 2.45) is 0 Å². The number of aryl methyl sites for hydroxylation is 2. The van der Waals surface area contributed by atoms with Crippen LogP contribution in [0.4, 0.5) is 10.5 Å². The van der Waals surface area contributed by atoms with E-state index in [9.17, 15) is 14.4 Å². The summed E-state index contributed by atoms with van der Waals surface area (Å²) in [6.45, 7) is 11.3. The third-order valence-electron chi connectivity index (χ3n) is 5.37. The maximum absolute atomic E-state index is 13.7. The van der Waals surface area contributed by atoms with Crippen molar-refractivity contribution in [3.63, 3.8) is 0 Å². The number of benzene rings is 2. The average molecular weight is 500 g/mol. The van der Waals surface area contributed by atoms with Crippen molar-refractivity contribution in [3.05, 3.63) is 65.2 Å². The van der Waals surface area contributed by atoms with Crippen LogP contribution in [0.3, 0.4) is 0 Å². The minimum absolute atomic E-state index is 0.0538. The number of hydrogen-bond donors (Lipinski definition) is 3. The first-order valence-corrected chi connectivity index (χ1v) is 12.4. The molecule has 0 bridgehead atoms. The van der Waals surface area contributed by atoms with Crippen LogP contribution < -0.4 is 10.6 Å². The molecule has 2 atom stereocenters.